The zero-order valence-electron chi connectivity index (χ0n) is 16.7. The first-order chi connectivity index (χ1) is 13.6. The Kier molecular flexibility index (Phi) is 9.24. The van der Waals surface area contributed by atoms with E-state index in [4.69, 9.17) is 9.47 Å². The normalized spacial score (nSPS) is 10.7. The first-order valence-electron chi connectivity index (χ1n) is 9.13. The fourth-order valence-electron chi connectivity index (χ4n) is 2.54. The SMILES string of the molecule is CCSC(SCC)=C(C(=O)/C=C/c1ccc(OC)cc1)c1ccc(OC)cc1. The maximum Gasteiger partial charge on any atom is 0.188 e. The summed E-state index contributed by atoms with van der Waals surface area (Å²) in [7, 11) is 3.28. The standard InChI is InChI=1S/C23H26O3S2/c1-5-27-23(28-6-2)22(18-10-14-20(26-4)15-11-18)21(24)16-9-17-7-12-19(25-3)13-8-17/h7-16H,5-6H2,1-4H3/b16-9+. The number of ether oxygens (including phenoxy) is 2. The lowest BCUT2D eigenvalue weighted by atomic mass is 10.0. The van der Waals surface area contributed by atoms with Crippen molar-refractivity contribution in [2.24, 2.45) is 0 Å². The highest BCUT2D eigenvalue weighted by Crippen LogP contribution is 2.37. The molecule has 5 heteroatoms. The first-order valence-corrected chi connectivity index (χ1v) is 11.1. The number of allylic oxidation sites excluding steroid dienone is 2. The molecule has 0 unspecified atom stereocenters. The molecule has 0 aliphatic heterocycles. The third kappa shape index (κ3) is 6.21. The number of hydrogen-bond acceptors (Lipinski definition) is 5. The van der Waals surface area contributed by atoms with E-state index in [1.165, 1.54) is 0 Å². The van der Waals surface area contributed by atoms with Gasteiger partial charge in [-0.05, 0) is 53.0 Å². The maximum atomic E-state index is 13.2. The van der Waals surface area contributed by atoms with E-state index in [0.717, 1.165) is 43.9 Å². The fraction of sp³-hybridized carbons (Fsp3) is 0.261. The van der Waals surface area contributed by atoms with Crippen molar-refractivity contribution >= 4 is 41.0 Å². The molecule has 2 aromatic rings. The van der Waals surface area contributed by atoms with Gasteiger partial charge in [0.15, 0.2) is 5.78 Å². The van der Waals surface area contributed by atoms with E-state index in [1.807, 2.05) is 54.6 Å². The monoisotopic (exact) mass is 414 g/mol. The molecule has 2 aromatic carbocycles. The molecule has 28 heavy (non-hydrogen) atoms. The average Bonchev–Trinajstić information content (AvgIpc) is 2.73. The fourth-order valence-corrected chi connectivity index (χ4v) is 4.83. The summed E-state index contributed by atoms with van der Waals surface area (Å²) >= 11 is 3.42. The zero-order chi connectivity index (χ0) is 20.4. The van der Waals surface area contributed by atoms with Gasteiger partial charge in [-0.1, -0.05) is 44.2 Å². The molecule has 0 aliphatic rings. The van der Waals surface area contributed by atoms with Crippen LogP contribution in [0.5, 0.6) is 11.5 Å². The van der Waals surface area contributed by atoms with E-state index >= 15 is 0 Å². The summed E-state index contributed by atoms with van der Waals surface area (Å²) in [5.41, 5.74) is 2.60. The van der Waals surface area contributed by atoms with Crippen molar-refractivity contribution in [1.82, 2.24) is 0 Å². The number of methoxy groups -OCH3 is 2. The van der Waals surface area contributed by atoms with Crippen LogP contribution in [-0.4, -0.2) is 31.5 Å². The number of rotatable bonds is 10. The van der Waals surface area contributed by atoms with Crippen molar-refractivity contribution in [3.63, 3.8) is 0 Å². The van der Waals surface area contributed by atoms with Crippen LogP contribution in [0.3, 0.4) is 0 Å². The van der Waals surface area contributed by atoms with Crippen molar-refractivity contribution in [2.45, 2.75) is 13.8 Å². The molecule has 0 saturated heterocycles. The first kappa shape index (κ1) is 22.2. The van der Waals surface area contributed by atoms with Crippen LogP contribution in [0.15, 0.2) is 58.8 Å². The molecule has 0 aliphatic carbocycles. The van der Waals surface area contributed by atoms with Crippen LogP contribution in [0.2, 0.25) is 0 Å². The number of ketones is 1. The molecular weight excluding hydrogens is 388 g/mol. The van der Waals surface area contributed by atoms with E-state index < -0.39 is 0 Å². The van der Waals surface area contributed by atoms with Gasteiger partial charge in [-0.3, -0.25) is 4.79 Å². The van der Waals surface area contributed by atoms with Gasteiger partial charge >= 0.3 is 0 Å². The Morgan fingerprint density at radius 3 is 1.82 bits per heavy atom. The summed E-state index contributed by atoms with van der Waals surface area (Å²) in [5, 5.41) is 0. The molecule has 0 saturated carbocycles. The van der Waals surface area contributed by atoms with Crippen LogP contribution >= 0.6 is 23.5 Å². The summed E-state index contributed by atoms with van der Waals surface area (Å²) in [6.07, 6.45) is 3.49. The minimum absolute atomic E-state index is 0.00196. The Labute approximate surface area is 176 Å². The smallest absolute Gasteiger partial charge is 0.188 e. The maximum absolute atomic E-state index is 13.2. The Hall–Kier alpha value is -2.11. The second-order valence-corrected chi connectivity index (χ2v) is 8.53. The van der Waals surface area contributed by atoms with Gasteiger partial charge in [0.25, 0.3) is 0 Å². The summed E-state index contributed by atoms with van der Waals surface area (Å²) in [4.78, 5) is 13.2. The van der Waals surface area contributed by atoms with E-state index in [2.05, 4.69) is 13.8 Å². The molecule has 0 N–H and O–H groups in total. The van der Waals surface area contributed by atoms with Crippen molar-refractivity contribution in [2.75, 3.05) is 25.7 Å². The van der Waals surface area contributed by atoms with E-state index in [-0.39, 0.29) is 5.78 Å². The minimum atomic E-state index is -0.00196. The van der Waals surface area contributed by atoms with E-state index in [9.17, 15) is 4.79 Å². The Morgan fingerprint density at radius 2 is 1.36 bits per heavy atom. The number of benzene rings is 2. The second kappa shape index (κ2) is 11.7. The van der Waals surface area contributed by atoms with Crippen molar-refractivity contribution in [3.05, 3.63) is 70.0 Å². The lowest BCUT2D eigenvalue weighted by Gasteiger charge is -2.12. The molecule has 0 heterocycles. The molecule has 0 amide bonds. The summed E-state index contributed by atoms with van der Waals surface area (Å²) < 4.78 is 11.5. The molecule has 0 bridgehead atoms. The van der Waals surface area contributed by atoms with Crippen LogP contribution < -0.4 is 9.47 Å². The van der Waals surface area contributed by atoms with Gasteiger partial charge in [0, 0.05) is 5.57 Å². The second-order valence-electron chi connectivity index (χ2n) is 5.73. The summed E-state index contributed by atoms with van der Waals surface area (Å²) in [6, 6.07) is 15.3. The Morgan fingerprint density at radius 1 is 0.857 bits per heavy atom. The quantitative estimate of drug-likeness (QED) is 0.435. The molecule has 3 nitrogen and oxygen atoms in total. The highest BCUT2D eigenvalue weighted by molar-refractivity contribution is 8.22. The van der Waals surface area contributed by atoms with Crippen molar-refractivity contribution < 1.29 is 14.3 Å². The van der Waals surface area contributed by atoms with Crippen LogP contribution in [0.25, 0.3) is 11.6 Å². The highest BCUT2D eigenvalue weighted by atomic mass is 32.2. The molecule has 0 spiro atoms. The Bertz CT molecular complexity index is 814. The third-order valence-electron chi connectivity index (χ3n) is 3.92. The Balaban J connectivity index is 2.39. The lowest BCUT2D eigenvalue weighted by Crippen LogP contribution is -2.01. The van der Waals surface area contributed by atoms with Crippen LogP contribution in [0.4, 0.5) is 0 Å². The zero-order valence-corrected chi connectivity index (χ0v) is 18.4. The molecule has 0 aromatic heterocycles. The predicted octanol–water partition coefficient (Wildman–Crippen LogP) is 6.16. The van der Waals surface area contributed by atoms with Gasteiger partial charge < -0.3 is 9.47 Å². The summed E-state index contributed by atoms with van der Waals surface area (Å²) in [5.74, 6) is 3.40. The van der Waals surface area contributed by atoms with Gasteiger partial charge in [0.05, 0.1) is 18.5 Å². The van der Waals surface area contributed by atoms with Gasteiger partial charge in [-0.2, -0.15) is 0 Å². The third-order valence-corrected chi connectivity index (χ3v) is 6.14. The number of carbonyl (C=O) groups excluding carboxylic acids is 1. The average molecular weight is 415 g/mol. The van der Waals surface area contributed by atoms with Crippen molar-refractivity contribution in [3.8, 4) is 11.5 Å². The lowest BCUT2D eigenvalue weighted by molar-refractivity contribution is -0.109. The van der Waals surface area contributed by atoms with E-state index in [1.54, 1.807) is 43.8 Å². The van der Waals surface area contributed by atoms with Crippen LogP contribution in [0.1, 0.15) is 25.0 Å². The summed E-state index contributed by atoms with van der Waals surface area (Å²) in [6.45, 7) is 4.20. The van der Waals surface area contributed by atoms with Crippen molar-refractivity contribution in [1.29, 1.82) is 0 Å². The van der Waals surface area contributed by atoms with E-state index in [0.29, 0.717) is 0 Å². The molecular formula is C23H26O3S2. The van der Waals surface area contributed by atoms with Gasteiger partial charge in [0.1, 0.15) is 11.5 Å². The number of thioether (sulfide) groups is 2. The topological polar surface area (TPSA) is 35.5 Å². The largest absolute Gasteiger partial charge is 0.497 e. The minimum Gasteiger partial charge on any atom is -0.497 e. The predicted molar refractivity (Wildman–Crippen MR) is 123 cm³/mol. The van der Waals surface area contributed by atoms with Crippen LogP contribution in [-0.2, 0) is 4.79 Å². The molecule has 0 atom stereocenters. The number of hydrogen-bond donors (Lipinski definition) is 0. The molecule has 148 valence electrons. The van der Waals surface area contributed by atoms with Gasteiger partial charge in [-0.25, -0.2) is 0 Å². The molecule has 2 rings (SSSR count). The number of carbonyl (C=O) groups is 1. The highest BCUT2D eigenvalue weighted by Gasteiger charge is 2.16. The molecule has 0 fully saturated rings. The van der Waals surface area contributed by atoms with Gasteiger partial charge in [-0.15, -0.1) is 23.5 Å². The van der Waals surface area contributed by atoms with Crippen LogP contribution in [0, 0.1) is 0 Å². The van der Waals surface area contributed by atoms with Gasteiger partial charge in [0.2, 0.25) is 0 Å². The molecule has 0 radical (unpaired) electrons.